The Hall–Kier alpha value is -2.47. The monoisotopic (exact) mass is 324 g/mol. The van der Waals surface area contributed by atoms with Crippen molar-refractivity contribution < 1.29 is 18.4 Å². The lowest BCUT2D eigenvalue weighted by Crippen LogP contribution is -2.13. The van der Waals surface area contributed by atoms with E-state index in [1.807, 2.05) is 0 Å². The smallest absolute Gasteiger partial charge is 0.255 e. The van der Waals surface area contributed by atoms with Gasteiger partial charge in [0.05, 0.1) is 10.7 Å². The van der Waals surface area contributed by atoms with E-state index in [0.29, 0.717) is 11.4 Å². The molecule has 4 nitrogen and oxygen atoms in total. The van der Waals surface area contributed by atoms with Gasteiger partial charge in [-0.2, -0.15) is 0 Å². The molecule has 0 atom stereocenters. The number of hydrogen-bond donors (Lipinski definition) is 2. The Kier molecular flexibility index (Phi) is 4.72. The van der Waals surface area contributed by atoms with E-state index in [1.165, 1.54) is 31.2 Å². The number of nitrogens with one attached hydrogen (secondary N) is 2. The summed E-state index contributed by atoms with van der Waals surface area (Å²) in [5.41, 5.74) is 0.731. The van der Waals surface area contributed by atoms with Gasteiger partial charge in [-0.3, -0.25) is 9.59 Å². The van der Waals surface area contributed by atoms with Crippen molar-refractivity contribution in [2.75, 3.05) is 10.6 Å². The van der Waals surface area contributed by atoms with E-state index in [4.69, 9.17) is 11.6 Å². The lowest BCUT2D eigenvalue weighted by Gasteiger charge is -2.09. The number of halogens is 3. The summed E-state index contributed by atoms with van der Waals surface area (Å²) in [4.78, 5) is 22.9. The van der Waals surface area contributed by atoms with Crippen LogP contribution >= 0.6 is 11.6 Å². The van der Waals surface area contributed by atoms with Crippen molar-refractivity contribution in [3.63, 3.8) is 0 Å². The number of anilines is 2. The summed E-state index contributed by atoms with van der Waals surface area (Å²) in [5, 5.41) is 5.26. The Morgan fingerprint density at radius 3 is 2.32 bits per heavy atom. The molecule has 2 aromatic carbocycles. The van der Waals surface area contributed by atoms with Gasteiger partial charge in [0.1, 0.15) is 0 Å². The number of amides is 2. The molecule has 0 unspecified atom stereocenters. The molecule has 0 saturated heterocycles. The molecule has 2 rings (SSSR count). The van der Waals surface area contributed by atoms with Crippen molar-refractivity contribution in [3.8, 4) is 0 Å². The standard InChI is InChI=1S/C15H11ClF2N2O2/c1-8(21)19-14-5-3-10(7-11(14)16)20-15(22)9-2-4-12(17)13(18)6-9/h2-7H,1H3,(H,19,21)(H,20,22). The summed E-state index contributed by atoms with van der Waals surface area (Å²) < 4.78 is 25.9. The summed E-state index contributed by atoms with van der Waals surface area (Å²) in [5.74, 6) is -3.02. The number of carbonyl (C=O) groups excluding carboxylic acids is 2. The zero-order valence-corrected chi connectivity index (χ0v) is 12.2. The highest BCUT2D eigenvalue weighted by molar-refractivity contribution is 6.34. The van der Waals surface area contributed by atoms with Gasteiger partial charge in [-0.25, -0.2) is 8.78 Å². The van der Waals surface area contributed by atoms with E-state index in [0.717, 1.165) is 12.1 Å². The summed E-state index contributed by atoms with van der Waals surface area (Å²) in [7, 11) is 0. The van der Waals surface area contributed by atoms with Crippen molar-refractivity contribution in [2.45, 2.75) is 6.92 Å². The Morgan fingerprint density at radius 1 is 1.00 bits per heavy atom. The van der Waals surface area contributed by atoms with E-state index >= 15 is 0 Å². The molecule has 7 heteroatoms. The van der Waals surface area contributed by atoms with E-state index in [9.17, 15) is 18.4 Å². The lowest BCUT2D eigenvalue weighted by atomic mass is 10.2. The molecule has 0 aromatic heterocycles. The molecule has 0 spiro atoms. The quantitative estimate of drug-likeness (QED) is 0.901. The first kappa shape index (κ1) is 15.9. The molecule has 0 bridgehead atoms. The fourth-order valence-electron chi connectivity index (χ4n) is 1.72. The number of carbonyl (C=O) groups is 2. The minimum absolute atomic E-state index is 0.0269. The molecule has 0 radical (unpaired) electrons. The van der Waals surface area contributed by atoms with Gasteiger partial charge in [-0.15, -0.1) is 0 Å². The maximum absolute atomic E-state index is 13.1. The summed E-state index contributed by atoms with van der Waals surface area (Å²) in [6, 6.07) is 7.32. The highest BCUT2D eigenvalue weighted by Crippen LogP contribution is 2.25. The van der Waals surface area contributed by atoms with E-state index in [1.54, 1.807) is 0 Å². The van der Waals surface area contributed by atoms with Crippen LogP contribution in [0.4, 0.5) is 20.2 Å². The maximum atomic E-state index is 13.1. The molecular formula is C15H11ClF2N2O2. The summed E-state index contributed by atoms with van der Waals surface area (Å²) in [6.07, 6.45) is 0. The van der Waals surface area contributed by atoms with Gasteiger partial charge in [-0.05, 0) is 36.4 Å². The lowest BCUT2D eigenvalue weighted by molar-refractivity contribution is -0.114. The Morgan fingerprint density at radius 2 is 1.73 bits per heavy atom. The third-order valence-corrected chi connectivity index (χ3v) is 3.03. The molecule has 0 heterocycles. The first-order chi connectivity index (χ1) is 10.4. The van der Waals surface area contributed by atoms with Gasteiger partial charge in [-0.1, -0.05) is 11.6 Å². The van der Waals surface area contributed by atoms with Crippen LogP contribution in [0.1, 0.15) is 17.3 Å². The molecule has 2 N–H and O–H groups in total. The fourth-order valence-corrected chi connectivity index (χ4v) is 1.95. The van der Waals surface area contributed by atoms with Crippen molar-refractivity contribution in [3.05, 3.63) is 58.6 Å². The average Bonchev–Trinajstić information content (AvgIpc) is 2.44. The highest BCUT2D eigenvalue weighted by atomic mass is 35.5. The second kappa shape index (κ2) is 6.53. The molecule has 0 aliphatic rings. The van der Waals surface area contributed by atoms with Crippen LogP contribution in [0.5, 0.6) is 0 Å². The van der Waals surface area contributed by atoms with Crippen molar-refractivity contribution >= 4 is 34.8 Å². The fraction of sp³-hybridized carbons (Fsp3) is 0.0667. The van der Waals surface area contributed by atoms with E-state index in [2.05, 4.69) is 10.6 Å². The highest BCUT2D eigenvalue weighted by Gasteiger charge is 2.11. The van der Waals surface area contributed by atoms with Gasteiger partial charge < -0.3 is 10.6 Å². The summed E-state index contributed by atoms with van der Waals surface area (Å²) in [6.45, 7) is 1.34. The molecular weight excluding hydrogens is 314 g/mol. The third kappa shape index (κ3) is 3.79. The molecule has 2 amide bonds. The Labute approximate surface area is 130 Å². The van der Waals surface area contributed by atoms with Gasteiger partial charge in [0.25, 0.3) is 5.91 Å². The van der Waals surface area contributed by atoms with Crippen LogP contribution in [0.2, 0.25) is 5.02 Å². The summed E-state index contributed by atoms with van der Waals surface area (Å²) >= 11 is 5.97. The topological polar surface area (TPSA) is 58.2 Å². The molecule has 114 valence electrons. The van der Waals surface area contributed by atoms with Crippen molar-refractivity contribution in [2.24, 2.45) is 0 Å². The van der Waals surface area contributed by atoms with Gasteiger partial charge in [0, 0.05) is 18.2 Å². The van der Waals surface area contributed by atoms with Crippen LogP contribution in [-0.4, -0.2) is 11.8 Å². The largest absolute Gasteiger partial charge is 0.325 e. The van der Waals surface area contributed by atoms with Gasteiger partial charge >= 0.3 is 0 Å². The van der Waals surface area contributed by atoms with Gasteiger partial charge in [0.15, 0.2) is 11.6 Å². The minimum Gasteiger partial charge on any atom is -0.325 e. The zero-order valence-electron chi connectivity index (χ0n) is 11.4. The second-order valence-electron chi connectivity index (χ2n) is 4.46. The van der Waals surface area contributed by atoms with Crippen molar-refractivity contribution in [1.82, 2.24) is 0 Å². The number of benzene rings is 2. The Bertz CT molecular complexity index is 750. The predicted molar refractivity (Wildman–Crippen MR) is 80.1 cm³/mol. The third-order valence-electron chi connectivity index (χ3n) is 2.72. The molecule has 22 heavy (non-hydrogen) atoms. The molecule has 0 aliphatic carbocycles. The predicted octanol–water partition coefficient (Wildman–Crippen LogP) is 3.83. The van der Waals surface area contributed by atoms with Crippen LogP contribution in [0, 0.1) is 11.6 Å². The van der Waals surface area contributed by atoms with Crippen LogP contribution in [0.25, 0.3) is 0 Å². The van der Waals surface area contributed by atoms with E-state index < -0.39 is 17.5 Å². The molecule has 2 aromatic rings. The maximum Gasteiger partial charge on any atom is 0.255 e. The van der Waals surface area contributed by atoms with Crippen LogP contribution in [0.3, 0.4) is 0 Å². The molecule has 0 fully saturated rings. The van der Waals surface area contributed by atoms with Gasteiger partial charge in [0.2, 0.25) is 5.91 Å². The molecule has 0 aliphatic heterocycles. The average molecular weight is 325 g/mol. The Balaban J connectivity index is 2.16. The second-order valence-corrected chi connectivity index (χ2v) is 4.87. The minimum atomic E-state index is -1.10. The first-order valence-electron chi connectivity index (χ1n) is 6.20. The first-order valence-corrected chi connectivity index (χ1v) is 6.58. The zero-order chi connectivity index (χ0) is 16.3. The number of hydrogen-bond acceptors (Lipinski definition) is 2. The SMILES string of the molecule is CC(=O)Nc1ccc(NC(=O)c2ccc(F)c(F)c2)cc1Cl. The van der Waals surface area contributed by atoms with Crippen molar-refractivity contribution in [1.29, 1.82) is 0 Å². The van der Waals surface area contributed by atoms with E-state index in [-0.39, 0.29) is 16.5 Å². The van der Waals surface area contributed by atoms with Crippen LogP contribution in [0.15, 0.2) is 36.4 Å². The number of rotatable bonds is 3. The molecule has 0 saturated carbocycles. The van der Waals surface area contributed by atoms with Crippen LogP contribution in [-0.2, 0) is 4.79 Å². The van der Waals surface area contributed by atoms with Crippen LogP contribution < -0.4 is 10.6 Å². The normalized spacial score (nSPS) is 10.2.